The number of aromatic nitrogens is 1. The summed E-state index contributed by atoms with van der Waals surface area (Å²) in [4.78, 5) is 14.2. The van der Waals surface area contributed by atoms with Gasteiger partial charge in [0.1, 0.15) is 5.76 Å². The standard InChI is InChI=1S/C27H19F3NSi.C11H20O2.Ir/c1-17-13-18(2)15-22(14-17)27-26-10-6-21-16-20(5-9-24(21)25(26)11-12-31-27)19-3-7-23(8-4-19)32(28,29)30;1-10(2,3)8(12)7-9(13)11(4,5)6;/h3-14,16H,1-2H3;7,12H,1-6H3;/q-1;;/p+1/b;8-7-;. The van der Waals surface area contributed by atoms with Crippen molar-refractivity contribution in [3.05, 3.63) is 108 Å². The number of nitrogens with zero attached hydrogens (tertiary/aromatic N) is 1. The number of hydrogen-bond donors (Lipinski definition) is 1. The predicted octanol–water partition coefficient (Wildman–Crippen LogP) is 10.3. The van der Waals surface area contributed by atoms with E-state index in [-0.39, 0.29) is 42.5 Å². The molecule has 5 aromatic rings. The summed E-state index contributed by atoms with van der Waals surface area (Å²) in [6.45, 7) is 15.5. The van der Waals surface area contributed by atoms with Gasteiger partial charge in [-0.15, -0.1) is 34.9 Å². The van der Waals surface area contributed by atoms with E-state index in [1.807, 2.05) is 85.0 Å². The first-order chi connectivity index (χ1) is 20.8. The van der Waals surface area contributed by atoms with Crippen LogP contribution in [0.3, 0.4) is 0 Å². The van der Waals surface area contributed by atoms with Crippen LogP contribution in [-0.2, 0) is 20.1 Å². The molecule has 2 N–H and O–H groups in total. The maximum absolute atomic E-state index is 13.0. The summed E-state index contributed by atoms with van der Waals surface area (Å²) in [5, 5.41) is 13.3. The van der Waals surface area contributed by atoms with Crippen LogP contribution >= 0.6 is 0 Å². The summed E-state index contributed by atoms with van der Waals surface area (Å²) in [6, 6.07) is 25.2. The van der Waals surface area contributed by atoms with Crippen molar-refractivity contribution < 1.29 is 42.3 Å². The first-order valence-electron chi connectivity index (χ1n) is 14.8. The number of ketones is 1. The smallest absolute Gasteiger partial charge is 0.511 e. The van der Waals surface area contributed by atoms with Crippen LogP contribution in [0.1, 0.15) is 52.7 Å². The van der Waals surface area contributed by atoms with Crippen molar-refractivity contribution >= 4 is 41.6 Å². The molecular weight excluding hydrogens is 780 g/mol. The molecule has 46 heavy (non-hydrogen) atoms. The topological polar surface area (TPSA) is 54.5 Å². The van der Waals surface area contributed by atoms with Gasteiger partial charge in [0.15, 0.2) is 0 Å². The average Bonchev–Trinajstić information content (AvgIpc) is 2.95. The van der Waals surface area contributed by atoms with Crippen molar-refractivity contribution in [2.75, 3.05) is 0 Å². The van der Waals surface area contributed by atoms with Gasteiger partial charge in [-0.3, -0.25) is 4.79 Å². The summed E-state index contributed by atoms with van der Waals surface area (Å²) >= 11 is 0. The van der Waals surface area contributed by atoms with Crippen LogP contribution in [0.4, 0.5) is 12.3 Å². The largest absolute Gasteiger partial charge is 0.653 e. The second-order valence-electron chi connectivity index (χ2n) is 13.5. The second kappa shape index (κ2) is 14.0. The number of rotatable bonds is 4. The van der Waals surface area contributed by atoms with Gasteiger partial charge in [-0.1, -0.05) is 83.1 Å². The van der Waals surface area contributed by atoms with E-state index in [2.05, 4.69) is 36.2 Å². The number of aryl methyl sites for hydroxylation is 2. The van der Waals surface area contributed by atoms with Gasteiger partial charge >= 0.3 is 14.9 Å². The van der Waals surface area contributed by atoms with Gasteiger partial charge in [-0.25, -0.2) is 12.3 Å². The molecule has 0 saturated heterocycles. The number of halogens is 3. The van der Waals surface area contributed by atoms with Crippen molar-refractivity contribution in [1.29, 1.82) is 0 Å². The van der Waals surface area contributed by atoms with Gasteiger partial charge in [-0.2, -0.15) is 0 Å². The summed E-state index contributed by atoms with van der Waals surface area (Å²) in [5.41, 5.74) is 5.16. The number of fused-ring (bicyclic) bond motifs is 3. The molecule has 0 bridgehead atoms. The monoisotopic (exact) mass is 820 g/mol. The Bertz CT molecular complexity index is 1880. The molecule has 1 radical (unpaired) electrons. The molecule has 0 fully saturated rings. The zero-order chi connectivity index (χ0) is 33.3. The van der Waals surface area contributed by atoms with Crippen LogP contribution in [0.5, 0.6) is 0 Å². The van der Waals surface area contributed by atoms with E-state index in [0.29, 0.717) is 0 Å². The third-order valence-electron chi connectivity index (χ3n) is 7.52. The van der Waals surface area contributed by atoms with Crippen LogP contribution < -0.4 is 5.19 Å². The van der Waals surface area contributed by atoms with Crippen molar-refractivity contribution in [3.8, 4) is 22.4 Å². The Balaban J connectivity index is 0.000000352. The first kappa shape index (κ1) is 36.9. The minimum Gasteiger partial charge on any atom is -0.511 e. The maximum Gasteiger partial charge on any atom is 0.653 e. The number of allylic oxidation sites excluding steroid dienone is 2. The number of pyridine rings is 1. The molecule has 0 atom stereocenters. The molecule has 243 valence electrons. The van der Waals surface area contributed by atoms with E-state index >= 15 is 0 Å². The minimum atomic E-state index is -5.78. The molecule has 4 aromatic carbocycles. The Morgan fingerprint density at radius 2 is 1.39 bits per heavy atom. The molecule has 0 aliphatic heterocycles. The molecule has 1 aromatic heterocycles. The van der Waals surface area contributed by atoms with Crippen molar-refractivity contribution in [2.45, 2.75) is 55.4 Å². The number of carbonyl (C=O) groups excluding carboxylic acids is 1. The fourth-order valence-electron chi connectivity index (χ4n) is 4.83. The van der Waals surface area contributed by atoms with Gasteiger partial charge in [0.05, 0.1) is 11.5 Å². The van der Waals surface area contributed by atoms with Crippen LogP contribution in [0.15, 0.2) is 90.8 Å². The number of benzene rings is 4. The number of hydrogen-bond acceptors (Lipinski definition) is 2. The fraction of sp³-hybridized carbons (Fsp3) is 0.263. The van der Waals surface area contributed by atoms with Gasteiger partial charge in [0.2, 0.25) is 0 Å². The summed E-state index contributed by atoms with van der Waals surface area (Å²) in [7, 11) is -5.78. The average molecular weight is 820 g/mol. The molecule has 3 nitrogen and oxygen atoms in total. The molecule has 0 aliphatic rings. The first-order valence-corrected chi connectivity index (χ1v) is 16.5. The van der Waals surface area contributed by atoms with Crippen molar-refractivity contribution in [1.82, 2.24) is 4.98 Å². The Morgan fingerprint density at radius 3 is 1.96 bits per heavy atom. The van der Waals surface area contributed by atoms with E-state index in [1.165, 1.54) is 23.8 Å². The SMILES string of the molecule is CC(C)(C)C(=[OH+])/C=C(\O)C(C)(C)C.Cc1[c-]c(-c2nccc3c2ccc2cc(-c4ccc([Si](F)(F)F)cc4)ccc23)cc(C)c1.[Ir]. The van der Waals surface area contributed by atoms with Crippen molar-refractivity contribution in [2.24, 2.45) is 10.8 Å². The van der Waals surface area contributed by atoms with Crippen LogP contribution in [0, 0.1) is 30.7 Å². The predicted molar refractivity (Wildman–Crippen MR) is 184 cm³/mol. The molecule has 0 aliphatic carbocycles. The Kier molecular flexibility index (Phi) is 11.3. The van der Waals surface area contributed by atoms with Crippen molar-refractivity contribution in [3.63, 3.8) is 0 Å². The fourth-order valence-corrected chi connectivity index (χ4v) is 5.37. The normalized spacial score (nSPS) is 12.4. The molecule has 8 heteroatoms. The quantitative estimate of drug-likeness (QED) is 0.0374. The van der Waals surface area contributed by atoms with Gasteiger partial charge in [-0.05, 0) is 71.3 Å². The second-order valence-corrected chi connectivity index (χ2v) is 15.1. The molecular formula is C38H40F3IrNO2Si. The maximum atomic E-state index is 13.0. The van der Waals surface area contributed by atoms with E-state index in [9.17, 15) is 22.2 Å². The third-order valence-corrected chi connectivity index (χ3v) is 8.51. The summed E-state index contributed by atoms with van der Waals surface area (Å²) in [6.07, 6.45) is 3.26. The van der Waals surface area contributed by atoms with E-state index in [1.54, 1.807) is 12.1 Å². The van der Waals surface area contributed by atoms with E-state index < -0.39 is 14.3 Å². The third kappa shape index (κ3) is 8.81. The zero-order valence-corrected chi connectivity index (χ0v) is 30.8. The minimum absolute atomic E-state index is 0. The Morgan fingerprint density at radius 1 is 0.783 bits per heavy atom. The van der Waals surface area contributed by atoms with Gasteiger partial charge in [0.25, 0.3) is 0 Å². The van der Waals surface area contributed by atoms with Crippen LogP contribution in [0.25, 0.3) is 43.9 Å². The zero-order valence-electron chi connectivity index (χ0n) is 27.4. The Labute approximate surface area is 284 Å². The molecule has 0 unspecified atom stereocenters. The van der Waals surface area contributed by atoms with Crippen LogP contribution in [0.2, 0.25) is 0 Å². The van der Waals surface area contributed by atoms with Gasteiger partial charge < -0.3 is 10.1 Å². The Hall–Kier alpha value is -3.58. The number of aliphatic hydroxyl groups is 1. The molecule has 0 amide bonds. The van der Waals surface area contributed by atoms with Gasteiger partial charge in [0, 0.05) is 36.9 Å². The molecule has 5 rings (SSSR count). The van der Waals surface area contributed by atoms with E-state index in [4.69, 9.17) is 0 Å². The van der Waals surface area contributed by atoms with Crippen LogP contribution in [-0.4, -0.2) is 29.7 Å². The molecule has 0 spiro atoms. The molecule has 1 heterocycles. The number of aliphatic hydroxyl groups excluding tert-OH is 1. The summed E-state index contributed by atoms with van der Waals surface area (Å²) < 4.78 is 39.0. The van der Waals surface area contributed by atoms with E-state index in [0.717, 1.165) is 49.5 Å². The summed E-state index contributed by atoms with van der Waals surface area (Å²) in [5.74, 6) is 0.417. The molecule has 0 saturated carbocycles.